The van der Waals surface area contributed by atoms with Crippen LogP contribution in [0.4, 0.5) is 0 Å². The fourth-order valence-corrected chi connectivity index (χ4v) is 1.62. The molecule has 70 valence electrons. The van der Waals surface area contributed by atoms with Crippen molar-refractivity contribution in [1.82, 2.24) is 0 Å². The smallest absolute Gasteiger partial charge is 0.488 e. The SMILES string of the molecule is COc1ccc(B(O)O)cc1SC. The first-order valence-electron chi connectivity index (χ1n) is 3.77. The number of methoxy groups -OCH3 is 1. The summed E-state index contributed by atoms with van der Waals surface area (Å²) in [5.41, 5.74) is 0.477. The van der Waals surface area contributed by atoms with Crippen LogP contribution >= 0.6 is 11.8 Å². The fraction of sp³-hybridized carbons (Fsp3) is 0.250. The lowest BCUT2D eigenvalue weighted by molar-refractivity contribution is 0.404. The summed E-state index contributed by atoms with van der Waals surface area (Å²) >= 11 is 1.50. The molecule has 0 bridgehead atoms. The molecule has 0 amide bonds. The summed E-state index contributed by atoms with van der Waals surface area (Å²) in [5, 5.41) is 17.8. The van der Waals surface area contributed by atoms with Gasteiger partial charge in [-0.15, -0.1) is 11.8 Å². The molecule has 0 saturated heterocycles. The Labute approximate surface area is 81.9 Å². The topological polar surface area (TPSA) is 49.7 Å². The van der Waals surface area contributed by atoms with Crippen molar-refractivity contribution in [3.05, 3.63) is 18.2 Å². The molecule has 5 heteroatoms. The zero-order valence-corrected chi connectivity index (χ0v) is 8.34. The highest BCUT2D eigenvalue weighted by Crippen LogP contribution is 2.25. The van der Waals surface area contributed by atoms with E-state index < -0.39 is 7.12 Å². The van der Waals surface area contributed by atoms with Crippen LogP contribution in [0.15, 0.2) is 23.1 Å². The Kier molecular flexibility index (Phi) is 3.65. The van der Waals surface area contributed by atoms with Crippen LogP contribution in [0.5, 0.6) is 5.75 Å². The minimum Gasteiger partial charge on any atom is -0.496 e. The third-order valence-electron chi connectivity index (χ3n) is 1.71. The van der Waals surface area contributed by atoms with E-state index in [1.165, 1.54) is 11.8 Å². The van der Waals surface area contributed by atoms with Gasteiger partial charge in [-0.25, -0.2) is 0 Å². The van der Waals surface area contributed by atoms with Crippen molar-refractivity contribution in [2.24, 2.45) is 0 Å². The minimum absolute atomic E-state index is 0.477. The summed E-state index contributed by atoms with van der Waals surface area (Å²) < 4.78 is 5.09. The summed E-state index contributed by atoms with van der Waals surface area (Å²) in [6.07, 6.45) is 1.91. The molecule has 0 aliphatic carbocycles. The van der Waals surface area contributed by atoms with Crippen LogP contribution in [-0.4, -0.2) is 30.5 Å². The van der Waals surface area contributed by atoms with Gasteiger partial charge in [0, 0.05) is 4.90 Å². The Balaban J connectivity index is 3.05. The van der Waals surface area contributed by atoms with Crippen LogP contribution in [0, 0.1) is 0 Å². The number of hydrogen-bond donors (Lipinski definition) is 2. The van der Waals surface area contributed by atoms with E-state index in [9.17, 15) is 0 Å². The van der Waals surface area contributed by atoms with Gasteiger partial charge in [0.1, 0.15) is 5.75 Å². The number of thioether (sulfide) groups is 1. The molecule has 0 fully saturated rings. The van der Waals surface area contributed by atoms with Crippen molar-refractivity contribution in [3.63, 3.8) is 0 Å². The molecule has 0 heterocycles. The molecular formula is C8H11BO3S. The van der Waals surface area contributed by atoms with E-state index in [2.05, 4.69) is 0 Å². The van der Waals surface area contributed by atoms with Crippen LogP contribution in [0.2, 0.25) is 0 Å². The second-order valence-electron chi connectivity index (χ2n) is 2.49. The summed E-state index contributed by atoms with van der Waals surface area (Å²) in [5.74, 6) is 0.747. The standard InChI is InChI=1S/C8H11BO3S/c1-12-7-4-3-6(9(10)11)5-8(7)13-2/h3-5,10-11H,1-2H3. The third kappa shape index (κ3) is 2.40. The molecule has 0 unspecified atom stereocenters. The van der Waals surface area contributed by atoms with Gasteiger partial charge >= 0.3 is 7.12 Å². The molecule has 0 aromatic heterocycles. The van der Waals surface area contributed by atoms with Crippen molar-refractivity contribution >= 4 is 24.3 Å². The first kappa shape index (κ1) is 10.4. The van der Waals surface area contributed by atoms with Crippen molar-refractivity contribution in [2.75, 3.05) is 13.4 Å². The van der Waals surface area contributed by atoms with E-state index in [0.29, 0.717) is 5.46 Å². The van der Waals surface area contributed by atoms with Crippen molar-refractivity contribution in [2.45, 2.75) is 4.90 Å². The van der Waals surface area contributed by atoms with Crippen LogP contribution in [0.3, 0.4) is 0 Å². The first-order valence-corrected chi connectivity index (χ1v) is 4.99. The van der Waals surface area contributed by atoms with E-state index in [0.717, 1.165) is 10.6 Å². The van der Waals surface area contributed by atoms with Gasteiger partial charge in [0.15, 0.2) is 0 Å². The monoisotopic (exact) mass is 198 g/mol. The van der Waals surface area contributed by atoms with Crippen LogP contribution in [-0.2, 0) is 0 Å². The fourth-order valence-electron chi connectivity index (χ4n) is 1.01. The highest BCUT2D eigenvalue weighted by atomic mass is 32.2. The average Bonchev–Trinajstić information content (AvgIpc) is 2.16. The number of ether oxygens (including phenoxy) is 1. The summed E-state index contributed by atoms with van der Waals surface area (Å²) in [6.45, 7) is 0. The Bertz CT molecular complexity index is 291. The maximum absolute atomic E-state index is 8.91. The largest absolute Gasteiger partial charge is 0.496 e. The molecule has 1 aromatic rings. The summed E-state index contributed by atoms with van der Waals surface area (Å²) in [6, 6.07) is 5.05. The van der Waals surface area contributed by atoms with Crippen LogP contribution < -0.4 is 10.2 Å². The van der Waals surface area contributed by atoms with E-state index in [4.69, 9.17) is 14.8 Å². The van der Waals surface area contributed by atoms with E-state index in [1.807, 2.05) is 6.26 Å². The van der Waals surface area contributed by atoms with E-state index in [1.54, 1.807) is 25.3 Å². The highest BCUT2D eigenvalue weighted by Gasteiger charge is 2.12. The van der Waals surface area contributed by atoms with Crippen molar-refractivity contribution < 1.29 is 14.8 Å². The maximum Gasteiger partial charge on any atom is 0.488 e. The Morgan fingerprint density at radius 3 is 2.54 bits per heavy atom. The minimum atomic E-state index is -1.42. The highest BCUT2D eigenvalue weighted by molar-refractivity contribution is 7.98. The van der Waals surface area contributed by atoms with Gasteiger partial charge in [0.2, 0.25) is 0 Å². The second-order valence-corrected chi connectivity index (χ2v) is 3.34. The molecule has 0 aliphatic rings. The molecular weight excluding hydrogens is 187 g/mol. The van der Waals surface area contributed by atoms with Gasteiger partial charge in [-0.3, -0.25) is 0 Å². The zero-order valence-electron chi connectivity index (χ0n) is 7.52. The third-order valence-corrected chi connectivity index (χ3v) is 2.46. The molecule has 0 atom stereocenters. The molecule has 13 heavy (non-hydrogen) atoms. The maximum atomic E-state index is 8.91. The Morgan fingerprint density at radius 2 is 2.08 bits per heavy atom. The quantitative estimate of drug-likeness (QED) is 0.534. The molecule has 3 nitrogen and oxygen atoms in total. The van der Waals surface area contributed by atoms with Crippen molar-refractivity contribution in [1.29, 1.82) is 0 Å². The van der Waals surface area contributed by atoms with Gasteiger partial charge < -0.3 is 14.8 Å². The lowest BCUT2D eigenvalue weighted by atomic mass is 9.80. The van der Waals surface area contributed by atoms with Crippen LogP contribution in [0.25, 0.3) is 0 Å². The Morgan fingerprint density at radius 1 is 1.38 bits per heavy atom. The number of hydrogen-bond acceptors (Lipinski definition) is 4. The van der Waals surface area contributed by atoms with Crippen molar-refractivity contribution in [3.8, 4) is 5.75 Å². The molecule has 0 radical (unpaired) electrons. The zero-order chi connectivity index (χ0) is 9.84. The summed E-state index contributed by atoms with van der Waals surface area (Å²) in [4.78, 5) is 0.896. The van der Waals surface area contributed by atoms with E-state index in [-0.39, 0.29) is 0 Å². The molecule has 2 N–H and O–H groups in total. The Hall–Kier alpha value is -0.645. The molecule has 0 aliphatic heterocycles. The average molecular weight is 198 g/mol. The summed E-state index contributed by atoms with van der Waals surface area (Å²) in [7, 11) is 0.168. The normalized spacial score (nSPS) is 9.85. The van der Waals surface area contributed by atoms with Gasteiger partial charge in [0.05, 0.1) is 7.11 Å². The van der Waals surface area contributed by atoms with Gasteiger partial charge in [-0.2, -0.15) is 0 Å². The lowest BCUT2D eigenvalue weighted by Gasteiger charge is -2.07. The predicted molar refractivity (Wildman–Crippen MR) is 54.6 cm³/mol. The van der Waals surface area contributed by atoms with Crippen LogP contribution in [0.1, 0.15) is 0 Å². The predicted octanol–water partition coefficient (Wildman–Crippen LogP) is 0.0969. The van der Waals surface area contributed by atoms with Gasteiger partial charge in [0.25, 0.3) is 0 Å². The molecule has 0 spiro atoms. The molecule has 0 saturated carbocycles. The number of rotatable bonds is 3. The number of benzene rings is 1. The lowest BCUT2D eigenvalue weighted by Crippen LogP contribution is -2.29. The molecule has 1 rings (SSSR count). The van der Waals surface area contributed by atoms with E-state index >= 15 is 0 Å². The van der Waals surface area contributed by atoms with Gasteiger partial charge in [-0.1, -0.05) is 6.07 Å². The first-order chi connectivity index (χ1) is 6.19. The molecule has 1 aromatic carbocycles. The van der Waals surface area contributed by atoms with Gasteiger partial charge in [-0.05, 0) is 23.9 Å². The second kappa shape index (κ2) is 4.55.